The van der Waals surface area contributed by atoms with Crippen molar-refractivity contribution in [2.24, 2.45) is 23.7 Å². The zero-order chi connectivity index (χ0) is 18.8. The Labute approximate surface area is 158 Å². The fourth-order valence-corrected chi connectivity index (χ4v) is 5.17. The van der Waals surface area contributed by atoms with E-state index in [4.69, 9.17) is 9.47 Å². The van der Waals surface area contributed by atoms with Crippen molar-refractivity contribution in [3.05, 3.63) is 23.3 Å². The third kappa shape index (κ3) is 3.92. The molecule has 4 unspecified atom stereocenters. The Morgan fingerprint density at radius 1 is 1.12 bits per heavy atom. The number of hydrogen-bond donors (Lipinski definition) is 0. The van der Waals surface area contributed by atoms with Crippen molar-refractivity contribution in [2.75, 3.05) is 14.2 Å². The monoisotopic (exact) mass is 358 g/mol. The normalized spacial score (nSPS) is 28.8. The number of carbonyl (C=O) groups is 1. The Morgan fingerprint density at radius 3 is 2.46 bits per heavy atom. The number of fused-ring (bicyclic) bond motifs is 4. The summed E-state index contributed by atoms with van der Waals surface area (Å²) in [5, 5.41) is 0. The molecule has 2 aliphatic carbocycles. The molecule has 0 aliphatic heterocycles. The molecule has 1 fully saturated rings. The number of ketones is 1. The maximum Gasteiger partial charge on any atom is 0.161 e. The molecular formula is C23H34O3. The SMILES string of the molecule is COc1cc2c(cc1OC)C1CC(=O)C(CC(C)C)CC(C)C(CC2)C1. The molecule has 1 aromatic carbocycles. The van der Waals surface area contributed by atoms with Crippen molar-refractivity contribution < 1.29 is 14.3 Å². The third-order valence-corrected chi connectivity index (χ3v) is 6.58. The Balaban J connectivity index is 1.97. The Bertz CT molecular complexity index is 649. The number of methoxy groups -OCH3 is 2. The van der Waals surface area contributed by atoms with E-state index in [1.165, 1.54) is 17.5 Å². The molecule has 0 N–H and O–H groups in total. The van der Waals surface area contributed by atoms with Gasteiger partial charge >= 0.3 is 0 Å². The molecule has 0 radical (unpaired) electrons. The van der Waals surface area contributed by atoms with E-state index in [-0.39, 0.29) is 5.92 Å². The van der Waals surface area contributed by atoms with Crippen LogP contribution in [0, 0.1) is 23.7 Å². The molecule has 0 heterocycles. The first kappa shape index (κ1) is 19.3. The Hall–Kier alpha value is -1.51. The molecule has 144 valence electrons. The highest BCUT2D eigenvalue weighted by Gasteiger charge is 2.36. The number of aryl methyl sites for hydroxylation is 1. The molecule has 2 aliphatic rings. The highest BCUT2D eigenvalue weighted by Crippen LogP contribution is 2.46. The van der Waals surface area contributed by atoms with Gasteiger partial charge in [-0.2, -0.15) is 0 Å². The molecule has 0 amide bonds. The molecule has 2 bridgehead atoms. The minimum atomic E-state index is 0.233. The molecule has 4 atom stereocenters. The lowest BCUT2D eigenvalue weighted by Gasteiger charge is -2.33. The summed E-state index contributed by atoms with van der Waals surface area (Å²) in [5.41, 5.74) is 2.66. The van der Waals surface area contributed by atoms with E-state index < -0.39 is 0 Å². The van der Waals surface area contributed by atoms with Crippen LogP contribution >= 0.6 is 0 Å². The number of Topliss-reactive ketones (excluding diaryl/α,β-unsaturated/α-hetero) is 1. The smallest absolute Gasteiger partial charge is 0.161 e. The molecule has 0 spiro atoms. The van der Waals surface area contributed by atoms with Crippen LogP contribution in [0.25, 0.3) is 0 Å². The van der Waals surface area contributed by atoms with Gasteiger partial charge in [0.15, 0.2) is 11.5 Å². The zero-order valence-electron chi connectivity index (χ0n) is 17.0. The van der Waals surface area contributed by atoms with Crippen molar-refractivity contribution >= 4 is 5.78 Å². The summed E-state index contributed by atoms with van der Waals surface area (Å²) < 4.78 is 11.1. The zero-order valence-corrected chi connectivity index (χ0v) is 17.0. The maximum atomic E-state index is 13.1. The summed E-state index contributed by atoms with van der Waals surface area (Å²) in [7, 11) is 3.38. The second kappa shape index (κ2) is 8.02. The van der Waals surface area contributed by atoms with Gasteiger partial charge < -0.3 is 9.47 Å². The van der Waals surface area contributed by atoms with Gasteiger partial charge in [-0.15, -0.1) is 0 Å². The average Bonchev–Trinajstić information content (AvgIpc) is 2.78. The molecule has 3 rings (SSSR count). The first-order chi connectivity index (χ1) is 12.4. The van der Waals surface area contributed by atoms with Gasteiger partial charge in [-0.05, 0) is 79.0 Å². The lowest BCUT2D eigenvalue weighted by Crippen LogP contribution is -2.28. The predicted octanol–water partition coefficient (Wildman–Crippen LogP) is 5.40. The first-order valence-electron chi connectivity index (χ1n) is 10.2. The van der Waals surface area contributed by atoms with Crippen LogP contribution in [0.4, 0.5) is 0 Å². The van der Waals surface area contributed by atoms with Gasteiger partial charge in [-0.1, -0.05) is 20.8 Å². The number of hydrogen-bond acceptors (Lipinski definition) is 3. The van der Waals surface area contributed by atoms with E-state index in [9.17, 15) is 4.79 Å². The van der Waals surface area contributed by atoms with Gasteiger partial charge in [0.05, 0.1) is 14.2 Å². The Kier molecular flexibility index (Phi) is 5.94. The molecule has 3 nitrogen and oxygen atoms in total. The van der Waals surface area contributed by atoms with Crippen molar-refractivity contribution in [1.29, 1.82) is 0 Å². The van der Waals surface area contributed by atoms with Crippen molar-refractivity contribution in [2.45, 2.75) is 65.2 Å². The second-order valence-electron chi connectivity index (χ2n) is 8.85. The molecular weight excluding hydrogens is 324 g/mol. The summed E-state index contributed by atoms with van der Waals surface area (Å²) in [5.74, 6) is 4.50. The molecule has 3 heteroatoms. The number of rotatable bonds is 4. The number of carbonyl (C=O) groups excluding carboxylic acids is 1. The van der Waals surface area contributed by atoms with Crippen LogP contribution in [0.5, 0.6) is 11.5 Å². The Morgan fingerprint density at radius 2 is 1.81 bits per heavy atom. The topological polar surface area (TPSA) is 35.5 Å². The molecule has 1 aromatic rings. The highest BCUT2D eigenvalue weighted by atomic mass is 16.5. The van der Waals surface area contributed by atoms with Crippen LogP contribution in [-0.4, -0.2) is 20.0 Å². The number of ether oxygens (including phenoxy) is 2. The van der Waals surface area contributed by atoms with E-state index in [0.717, 1.165) is 37.2 Å². The van der Waals surface area contributed by atoms with Gasteiger partial charge in [0.25, 0.3) is 0 Å². The van der Waals surface area contributed by atoms with Crippen molar-refractivity contribution in [3.8, 4) is 11.5 Å². The van der Waals surface area contributed by atoms with Gasteiger partial charge in [0, 0.05) is 12.3 Å². The minimum absolute atomic E-state index is 0.233. The summed E-state index contributed by atoms with van der Waals surface area (Å²) in [6.45, 7) is 6.83. The first-order valence-corrected chi connectivity index (χ1v) is 10.2. The minimum Gasteiger partial charge on any atom is -0.493 e. The van der Waals surface area contributed by atoms with E-state index in [1.54, 1.807) is 14.2 Å². The molecule has 26 heavy (non-hydrogen) atoms. The molecule has 0 saturated heterocycles. The summed E-state index contributed by atoms with van der Waals surface area (Å²) >= 11 is 0. The predicted molar refractivity (Wildman–Crippen MR) is 105 cm³/mol. The quantitative estimate of drug-likeness (QED) is 0.723. The lowest BCUT2D eigenvalue weighted by atomic mass is 9.71. The largest absolute Gasteiger partial charge is 0.493 e. The second-order valence-corrected chi connectivity index (χ2v) is 8.85. The van der Waals surface area contributed by atoms with E-state index >= 15 is 0 Å². The van der Waals surface area contributed by atoms with E-state index in [0.29, 0.717) is 35.9 Å². The lowest BCUT2D eigenvalue weighted by molar-refractivity contribution is -0.125. The molecule has 0 aromatic heterocycles. The average molecular weight is 359 g/mol. The van der Waals surface area contributed by atoms with Gasteiger partial charge in [0.2, 0.25) is 0 Å². The highest BCUT2D eigenvalue weighted by molar-refractivity contribution is 5.82. The van der Waals surface area contributed by atoms with Crippen LogP contribution in [0.15, 0.2) is 12.1 Å². The summed E-state index contributed by atoms with van der Waals surface area (Å²) in [4.78, 5) is 13.1. The van der Waals surface area contributed by atoms with Crippen LogP contribution in [-0.2, 0) is 11.2 Å². The maximum absolute atomic E-state index is 13.1. The van der Waals surface area contributed by atoms with Crippen LogP contribution in [0.2, 0.25) is 0 Å². The summed E-state index contributed by atoms with van der Waals surface area (Å²) in [6.07, 6.45) is 6.19. The van der Waals surface area contributed by atoms with Gasteiger partial charge in [0.1, 0.15) is 5.78 Å². The van der Waals surface area contributed by atoms with Crippen LogP contribution < -0.4 is 9.47 Å². The van der Waals surface area contributed by atoms with Crippen LogP contribution in [0.3, 0.4) is 0 Å². The number of benzene rings is 1. The van der Waals surface area contributed by atoms with Crippen molar-refractivity contribution in [3.63, 3.8) is 0 Å². The fourth-order valence-electron chi connectivity index (χ4n) is 5.17. The standard InChI is InChI=1S/C23H34O3/c1-14(2)8-19-9-15(3)16-6-7-17-12-22(25-4)23(26-5)13-20(17)18(10-16)11-21(19)24/h12-16,18-19H,6-11H2,1-5H3. The third-order valence-electron chi connectivity index (χ3n) is 6.58. The van der Waals surface area contributed by atoms with Crippen LogP contribution in [0.1, 0.15) is 69.9 Å². The molecule has 1 saturated carbocycles. The van der Waals surface area contributed by atoms with E-state index in [2.05, 4.69) is 32.9 Å². The van der Waals surface area contributed by atoms with Gasteiger partial charge in [-0.3, -0.25) is 4.79 Å². The summed E-state index contributed by atoms with van der Waals surface area (Å²) in [6, 6.07) is 4.28. The van der Waals surface area contributed by atoms with E-state index in [1.807, 2.05) is 0 Å². The van der Waals surface area contributed by atoms with Gasteiger partial charge in [-0.25, -0.2) is 0 Å². The fraction of sp³-hybridized carbons (Fsp3) is 0.696. The van der Waals surface area contributed by atoms with Crippen molar-refractivity contribution in [1.82, 2.24) is 0 Å².